The molecule has 0 bridgehead atoms. The molecule has 1 aromatic carbocycles. The zero-order chi connectivity index (χ0) is 10.8. The van der Waals surface area contributed by atoms with Crippen molar-refractivity contribution in [2.45, 2.75) is 18.5 Å². The van der Waals surface area contributed by atoms with E-state index in [1.165, 1.54) is 6.07 Å². The van der Waals surface area contributed by atoms with Gasteiger partial charge in [0.15, 0.2) is 0 Å². The fraction of sp³-hybridized carbons (Fsp3) is 0.400. The highest BCUT2D eigenvalue weighted by Gasteiger charge is 2.25. The molecule has 3 nitrogen and oxygen atoms in total. The van der Waals surface area contributed by atoms with Crippen molar-refractivity contribution >= 4 is 11.6 Å². The maximum atomic E-state index is 13.5. The van der Waals surface area contributed by atoms with Gasteiger partial charge in [-0.15, -0.1) is 0 Å². The molecule has 5 heteroatoms. The van der Waals surface area contributed by atoms with Gasteiger partial charge < -0.3 is 5.73 Å². The van der Waals surface area contributed by atoms with Gasteiger partial charge in [0.2, 0.25) is 0 Å². The predicted octanol–water partition coefficient (Wildman–Crippen LogP) is 1.35. The molecule has 0 aromatic heterocycles. The van der Waals surface area contributed by atoms with Crippen LogP contribution in [0.3, 0.4) is 0 Å². The van der Waals surface area contributed by atoms with Gasteiger partial charge in [-0.25, -0.2) is 9.82 Å². The summed E-state index contributed by atoms with van der Waals surface area (Å²) in [7, 11) is 0. The molecule has 82 valence electrons. The first kappa shape index (κ1) is 10.8. The summed E-state index contributed by atoms with van der Waals surface area (Å²) in [5, 5.41) is 0.546. The standard InChI is InChI=1S/C10H13ClFN3/c11-6-1-2-9(12)8(3-6)10-4-7(5-13)14-15-10/h1-3,7,10,14-15H,4-5,13H2. The molecule has 0 saturated carbocycles. The Morgan fingerprint density at radius 2 is 2.27 bits per heavy atom. The van der Waals surface area contributed by atoms with Gasteiger partial charge in [-0.3, -0.25) is 5.43 Å². The van der Waals surface area contributed by atoms with E-state index in [0.717, 1.165) is 6.42 Å². The molecule has 2 rings (SSSR count). The molecule has 15 heavy (non-hydrogen) atoms. The molecule has 1 aliphatic rings. The monoisotopic (exact) mass is 229 g/mol. The SMILES string of the molecule is NCC1CC(c2cc(Cl)ccc2F)NN1. The number of hydrazine groups is 1. The van der Waals surface area contributed by atoms with Crippen LogP contribution in [0.5, 0.6) is 0 Å². The van der Waals surface area contributed by atoms with Gasteiger partial charge in [0.25, 0.3) is 0 Å². The highest BCUT2D eigenvalue weighted by atomic mass is 35.5. The highest BCUT2D eigenvalue weighted by molar-refractivity contribution is 6.30. The first-order valence-corrected chi connectivity index (χ1v) is 5.24. The molecule has 4 N–H and O–H groups in total. The summed E-state index contributed by atoms with van der Waals surface area (Å²) in [6, 6.07) is 4.71. The summed E-state index contributed by atoms with van der Waals surface area (Å²) in [6.45, 7) is 0.533. The molecule has 0 amide bonds. The lowest BCUT2D eigenvalue weighted by Crippen LogP contribution is -2.35. The minimum Gasteiger partial charge on any atom is -0.329 e. The number of nitrogens with two attached hydrogens (primary N) is 1. The fourth-order valence-electron chi connectivity index (χ4n) is 1.76. The van der Waals surface area contributed by atoms with E-state index in [9.17, 15) is 4.39 Å². The fourth-order valence-corrected chi connectivity index (χ4v) is 1.94. The van der Waals surface area contributed by atoms with Crippen LogP contribution in [-0.4, -0.2) is 12.6 Å². The van der Waals surface area contributed by atoms with E-state index >= 15 is 0 Å². The molecule has 2 atom stereocenters. The van der Waals surface area contributed by atoms with E-state index in [1.807, 2.05) is 0 Å². The summed E-state index contributed by atoms with van der Waals surface area (Å²) < 4.78 is 13.5. The topological polar surface area (TPSA) is 50.1 Å². The summed E-state index contributed by atoms with van der Waals surface area (Å²) >= 11 is 5.83. The van der Waals surface area contributed by atoms with Gasteiger partial charge in [0, 0.05) is 23.2 Å². The van der Waals surface area contributed by atoms with Crippen LogP contribution in [0.2, 0.25) is 5.02 Å². The van der Waals surface area contributed by atoms with E-state index in [0.29, 0.717) is 17.1 Å². The maximum Gasteiger partial charge on any atom is 0.128 e. The second-order valence-electron chi connectivity index (χ2n) is 3.68. The van der Waals surface area contributed by atoms with Crippen molar-refractivity contribution in [1.82, 2.24) is 10.9 Å². The van der Waals surface area contributed by atoms with Crippen LogP contribution in [0.4, 0.5) is 4.39 Å². The van der Waals surface area contributed by atoms with Gasteiger partial charge >= 0.3 is 0 Å². The number of benzene rings is 1. The Morgan fingerprint density at radius 1 is 1.47 bits per heavy atom. The number of hydrogen-bond acceptors (Lipinski definition) is 3. The first-order valence-electron chi connectivity index (χ1n) is 4.87. The lowest BCUT2D eigenvalue weighted by atomic mass is 10.0. The Balaban J connectivity index is 2.19. The van der Waals surface area contributed by atoms with Crippen LogP contribution < -0.4 is 16.6 Å². The molecular weight excluding hydrogens is 217 g/mol. The summed E-state index contributed by atoms with van der Waals surface area (Å²) in [5.74, 6) is -0.239. The smallest absolute Gasteiger partial charge is 0.128 e. The van der Waals surface area contributed by atoms with Crippen LogP contribution in [0.25, 0.3) is 0 Å². The van der Waals surface area contributed by atoms with Crippen molar-refractivity contribution < 1.29 is 4.39 Å². The molecule has 2 unspecified atom stereocenters. The van der Waals surface area contributed by atoms with Crippen LogP contribution in [-0.2, 0) is 0 Å². The Kier molecular flexibility index (Phi) is 3.21. The van der Waals surface area contributed by atoms with E-state index < -0.39 is 0 Å². The molecule has 1 saturated heterocycles. The number of nitrogens with one attached hydrogen (secondary N) is 2. The Morgan fingerprint density at radius 3 is 2.93 bits per heavy atom. The Labute approximate surface area is 92.8 Å². The van der Waals surface area contributed by atoms with Crippen molar-refractivity contribution in [3.05, 3.63) is 34.6 Å². The second kappa shape index (κ2) is 4.45. The van der Waals surface area contributed by atoms with Crippen LogP contribution in [0, 0.1) is 5.82 Å². The van der Waals surface area contributed by atoms with Gasteiger partial charge in [0.05, 0.1) is 6.04 Å². The van der Waals surface area contributed by atoms with Gasteiger partial charge in [-0.1, -0.05) is 11.6 Å². The third kappa shape index (κ3) is 2.29. The second-order valence-corrected chi connectivity index (χ2v) is 4.11. The Hall–Kier alpha value is -0.680. The summed E-state index contributed by atoms with van der Waals surface area (Å²) in [4.78, 5) is 0. The van der Waals surface area contributed by atoms with Crippen molar-refractivity contribution in [3.8, 4) is 0 Å². The molecule has 1 heterocycles. The van der Waals surface area contributed by atoms with Crippen LogP contribution in [0.15, 0.2) is 18.2 Å². The number of halogens is 2. The number of rotatable bonds is 2. The molecule has 1 fully saturated rings. The zero-order valence-electron chi connectivity index (χ0n) is 8.13. The Bertz CT molecular complexity index is 359. The first-order chi connectivity index (χ1) is 7.20. The molecule has 0 radical (unpaired) electrons. The van der Waals surface area contributed by atoms with E-state index in [4.69, 9.17) is 17.3 Å². The maximum absolute atomic E-state index is 13.5. The number of hydrogen-bond donors (Lipinski definition) is 3. The van der Waals surface area contributed by atoms with Crippen molar-refractivity contribution in [3.63, 3.8) is 0 Å². The lowest BCUT2D eigenvalue weighted by Gasteiger charge is -2.11. The van der Waals surface area contributed by atoms with Crippen molar-refractivity contribution in [2.75, 3.05) is 6.54 Å². The normalized spacial score (nSPS) is 25.8. The largest absolute Gasteiger partial charge is 0.329 e. The van der Waals surface area contributed by atoms with E-state index in [1.54, 1.807) is 12.1 Å². The van der Waals surface area contributed by atoms with Crippen LogP contribution >= 0.6 is 11.6 Å². The van der Waals surface area contributed by atoms with E-state index in [-0.39, 0.29) is 17.9 Å². The summed E-state index contributed by atoms with van der Waals surface area (Å²) in [6.07, 6.45) is 0.772. The average Bonchev–Trinajstić information content (AvgIpc) is 2.70. The summed E-state index contributed by atoms with van der Waals surface area (Å²) in [5.41, 5.74) is 12.1. The predicted molar refractivity (Wildman–Crippen MR) is 57.9 cm³/mol. The average molecular weight is 230 g/mol. The molecule has 1 aromatic rings. The lowest BCUT2D eigenvalue weighted by molar-refractivity contribution is 0.526. The minimum atomic E-state index is -0.239. The van der Waals surface area contributed by atoms with Crippen molar-refractivity contribution in [1.29, 1.82) is 0 Å². The molecular formula is C10H13ClFN3. The van der Waals surface area contributed by atoms with Gasteiger partial charge in [0.1, 0.15) is 5.82 Å². The third-order valence-electron chi connectivity index (χ3n) is 2.60. The van der Waals surface area contributed by atoms with Crippen LogP contribution in [0.1, 0.15) is 18.0 Å². The van der Waals surface area contributed by atoms with E-state index in [2.05, 4.69) is 10.9 Å². The molecule has 1 aliphatic heterocycles. The molecule has 0 aliphatic carbocycles. The minimum absolute atomic E-state index is 0.0581. The zero-order valence-corrected chi connectivity index (χ0v) is 8.89. The van der Waals surface area contributed by atoms with Crippen molar-refractivity contribution in [2.24, 2.45) is 5.73 Å². The molecule has 0 spiro atoms. The third-order valence-corrected chi connectivity index (χ3v) is 2.83. The van der Waals surface area contributed by atoms with Gasteiger partial charge in [-0.05, 0) is 24.6 Å². The van der Waals surface area contributed by atoms with Gasteiger partial charge in [-0.2, -0.15) is 0 Å². The quantitative estimate of drug-likeness (QED) is 0.718. The highest BCUT2D eigenvalue weighted by Crippen LogP contribution is 2.26.